The third-order valence-electron chi connectivity index (χ3n) is 5.25. The van der Waals surface area contributed by atoms with E-state index in [1.54, 1.807) is 31.3 Å². The number of rotatable bonds is 8. The number of aromatic nitrogens is 2. The number of thioether (sulfide) groups is 1. The predicted octanol–water partition coefficient (Wildman–Crippen LogP) is 5.91. The van der Waals surface area contributed by atoms with Crippen LogP contribution in [0.3, 0.4) is 0 Å². The van der Waals surface area contributed by atoms with Crippen molar-refractivity contribution in [3.63, 3.8) is 0 Å². The van der Waals surface area contributed by atoms with Gasteiger partial charge in [0.2, 0.25) is 5.91 Å². The van der Waals surface area contributed by atoms with E-state index in [0.29, 0.717) is 11.0 Å². The Hall–Kier alpha value is -3.19. The summed E-state index contributed by atoms with van der Waals surface area (Å²) in [6, 6.07) is 26.8. The molecule has 4 aromatic rings. The summed E-state index contributed by atoms with van der Waals surface area (Å²) < 4.78 is 28.3. The van der Waals surface area contributed by atoms with E-state index >= 15 is 0 Å². The van der Waals surface area contributed by atoms with Crippen molar-refractivity contribution in [3.05, 3.63) is 102 Å². The van der Waals surface area contributed by atoms with E-state index in [-0.39, 0.29) is 29.3 Å². The van der Waals surface area contributed by atoms with Crippen LogP contribution in [0.1, 0.15) is 28.8 Å². The SMILES string of the molecule is CN(Cc1nc2ccccc2n1C(F)F)C(=O)CSC(c1ccccc1)c1ccccc1. The molecule has 0 aliphatic rings. The van der Waals surface area contributed by atoms with Gasteiger partial charge in [0.15, 0.2) is 0 Å². The molecule has 0 aliphatic heterocycles. The summed E-state index contributed by atoms with van der Waals surface area (Å²) in [5.74, 6) is 0.254. The van der Waals surface area contributed by atoms with Crippen LogP contribution in [0.25, 0.3) is 11.0 Å². The molecule has 0 bridgehead atoms. The quantitative estimate of drug-likeness (QED) is 0.334. The van der Waals surface area contributed by atoms with Crippen molar-refractivity contribution in [1.29, 1.82) is 0 Å². The minimum atomic E-state index is -2.73. The van der Waals surface area contributed by atoms with Crippen LogP contribution in [0.5, 0.6) is 0 Å². The van der Waals surface area contributed by atoms with Gasteiger partial charge in [-0.25, -0.2) is 4.98 Å². The van der Waals surface area contributed by atoms with Gasteiger partial charge in [-0.3, -0.25) is 9.36 Å². The summed E-state index contributed by atoms with van der Waals surface area (Å²) in [5, 5.41) is 0.000360. The zero-order chi connectivity index (χ0) is 22.5. The molecule has 0 saturated carbocycles. The van der Waals surface area contributed by atoms with Gasteiger partial charge < -0.3 is 4.90 Å². The number of para-hydroxylation sites is 2. The summed E-state index contributed by atoms with van der Waals surface area (Å²) in [6.45, 7) is -2.71. The van der Waals surface area contributed by atoms with Gasteiger partial charge in [-0.05, 0) is 23.3 Å². The highest BCUT2D eigenvalue weighted by atomic mass is 32.2. The molecule has 0 radical (unpaired) electrons. The topological polar surface area (TPSA) is 38.1 Å². The number of fused-ring (bicyclic) bond motifs is 1. The molecule has 1 heterocycles. The lowest BCUT2D eigenvalue weighted by Crippen LogP contribution is -2.29. The zero-order valence-electron chi connectivity index (χ0n) is 17.6. The van der Waals surface area contributed by atoms with E-state index in [1.165, 1.54) is 16.7 Å². The number of benzene rings is 3. The van der Waals surface area contributed by atoms with E-state index in [0.717, 1.165) is 15.7 Å². The number of carbonyl (C=O) groups excluding carboxylic acids is 1. The molecule has 0 unspecified atom stereocenters. The molecule has 0 N–H and O–H groups in total. The smallest absolute Gasteiger partial charge is 0.320 e. The first-order valence-corrected chi connectivity index (χ1v) is 11.3. The second kappa shape index (κ2) is 9.96. The molecule has 164 valence electrons. The van der Waals surface area contributed by atoms with Crippen molar-refractivity contribution in [1.82, 2.24) is 14.5 Å². The third kappa shape index (κ3) is 4.83. The molecule has 0 atom stereocenters. The van der Waals surface area contributed by atoms with Crippen molar-refractivity contribution in [2.45, 2.75) is 18.3 Å². The first-order chi connectivity index (χ1) is 15.5. The Morgan fingerprint density at radius 3 is 2.09 bits per heavy atom. The van der Waals surface area contributed by atoms with Gasteiger partial charge in [-0.2, -0.15) is 8.78 Å². The molecule has 0 fully saturated rings. The molecule has 1 amide bonds. The minimum Gasteiger partial charge on any atom is -0.338 e. The summed E-state index contributed by atoms with van der Waals surface area (Å²) in [6.07, 6.45) is 0. The first kappa shape index (κ1) is 22.0. The molecule has 4 nitrogen and oxygen atoms in total. The average Bonchev–Trinajstić information content (AvgIpc) is 3.18. The molecule has 1 aromatic heterocycles. The number of hydrogen-bond donors (Lipinski definition) is 0. The van der Waals surface area contributed by atoms with E-state index < -0.39 is 6.55 Å². The summed E-state index contributed by atoms with van der Waals surface area (Å²) in [7, 11) is 1.62. The predicted molar refractivity (Wildman–Crippen MR) is 125 cm³/mol. The highest BCUT2D eigenvalue weighted by Gasteiger charge is 2.22. The fraction of sp³-hybridized carbons (Fsp3) is 0.200. The summed E-state index contributed by atoms with van der Waals surface area (Å²) in [4.78, 5) is 18.7. The van der Waals surface area contributed by atoms with Gasteiger partial charge >= 0.3 is 6.55 Å². The number of amides is 1. The Balaban J connectivity index is 1.49. The number of nitrogens with zero attached hydrogens (tertiary/aromatic N) is 3. The lowest BCUT2D eigenvalue weighted by molar-refractivity contribution is -0.127. The monoisotopic (exact) mass is 451 g/mol. The second-order valence-corrected chi connectivity index (χ2v) is 8.52. The number of hydrogen-bond acceptors (Lipinski definition) is 3. The second-order valence-electron chi connectivity index (χ2n) is 7.43. The van der Waals surface area contributed by atoms with Gasteiger partial charge in [-0.1, -0.05) is 72.8 Å². The number of alkyl halides is 2. The van der Waals surface area contributed by atoms with E-state index in [9.17, 15) is 13.6 Å². The Kier molecular flexibility index (Phi) is 6.85. The molecule has 4 rings (SSSR count). The Bertz CT molecular complexity index is 1140. The van der Waals surface area contributed by atoms with Gasteiger partial charge in [-0.15, -0.1) is 11.8 Å². The highest BCUT2D eigenvalue weighted by Crippen LogP contribution is 2.35. The lowest BCUT2D eigenvalue weighted by Gasteiger charge is -2.21. The van der Waals surface area contributed by atoms with Crippen LogP contribution >= 0.6 is 11.8 Å². The van der Waals surface area contributed by atoms with Crippen molar-refractivity contribution >= 4 is 28.7 Å². The summed E-state index contributed by atoms with van der Waals surface area (Å²) >= 11 is 1.52. The van der Waals surface area contributed by atoms with Crippen molar-refractivity contribution in [2.24, 2.45) is 0 Å². The molecule has 32 heavy (non-hydrogen) atoms. The third-order valence-corrected chi connectivity index (χ3v) is 6.54. The number of imidazole rings is 1. The van der Waals surface area contributed by atoms with E-state index in [1.807, 2.05) is 60.7 Å². The molecule has 3 aromatic carbocycles. The van der Waals surface area contributed by atoms with Crippen LogP contribution < -0.4 is 0 Å². The minimum absolute atomic E-state index is 0.000360. The van der Waals surface area contributed by atoms with Gasteiger partial charge in [0.25, 0.3) is 0 Å². The van der Waals surface area contributed by atoms with E-state index in [4.69, 9.17) is 0 Å². The van der Waals surface area contributed by atoms with Gasteiger partial charge in [0.05, 0.1) is 28.6 Å². The fourth-order valence-electron chi connectivity index (χ4n) is 3.63. The van der Waals surface area contributed by atoms with Crippen molar-refractivity contribution in [3.8, 4) is 0 Å². The molecule has 0 aliphatic carbocycles. The zero-order valence-corrected chi connectivity index (χ0v) is 18.4. The van der Waals surface area contributed by atoms with Crippen LogP contribution in [0.15, 0.2) is 84.9 Å². The molecular weight excluding hydrogens is 428 g/mol. The maximum atomic E-state index is 13.7. The van der Waals surface area contributed by atoms with Crippen molar-refractivity contribution < 1.29 is 13.6 Å². The highest BCUT2D eigenvalue weighted by molar-refractivity contribution is 8.00. The fourth-order valence-corrected chi connectivity index (χ4v) is 4.86. The summed E-state index contributed by atoms with van der Waals surface area (Å²) in [5.41, 5.74) is 3.07. The van der Waals surface area contributed by atoms with Crippen LogP contribution in [0, 0.1) is 0 Å². The van der Waals surface area contributed by atoms with Crippen LogP contribution in [0.4, 0.5) is 8.78 Å². The van der Waals surface area contributed by atoms with Crippen LogP contribution in [0.2, 0.25) is 0 Å². The first-order valence-electron chi connectivity index (χ1n) is 10.2. The van der Waals surface area contributed by atoms with Gasteiger partial charge in [0, 0.05) is 7.05 Å². The van der Waals surface area contributed by atoms with Crippen LogP contribution in [-0.4, -0.2) is 33.2 Å². The molecule has 0 saturated heterocycles. The number of halogens is 2. The standard InChI is InChI=1S/C25H23F2N3OS/c1-29(16-22-28-20-14-8-9-15-21(20)30(22)25(26)27)23(31)17-32-24(18-10-4-2-5-11-18)19-12-6-3-7-13-19/h2-15,24-25H,16-17H2,1H3. The molecule has 7 heteroatoms. The normalized spacial score (nSPS) is 11.4. The lowest BCUT2D eigenvalue weighted by atomic mass is 10.0. The largest absolute Gasteiger partial charge is 0.338 e. The maximum absolute atomic E-state index is 13.7. The van der Waals surface area contributed by atoms with Gasteiger partial charge in [0.1, 0.15) is 5.82 Å². The Morgan fingerprint density at radius 1 is 0.938 bits per heavy atom. The Morgan fingerprint density at radius 2 is 1.50 bits per heavy atom. The molecule has 0 spiro atoms. The molecular formula is C25H23F2N3OS. The number of carbonyl (C=O) groups is 1. The van der Waals surface area contributed by atoms with E-state index in [2.05, 4.69) is 4.98 Å². The maximum Gasteiger partial charge on any atom is 0.320 e. The average molecular weight is 452 g/mol. The Labute approximate surface area is 189 Å². The van der Waals surface area contributed by atoms with Crippen molar-refractivity contribution in [2.75, 3.05) is 12.8 Å². The van der Waals surface area contributed by atoms with Crippen LogP contribution in [-0.2, 0) is 11.3 Å².